The Balaban J connectivity index is 4.02. The lowest BCUT2D eigenvalue weighted by molar-refractivity contribution is -0.136. The average molecular weight is 224 g/mol. The third-order valence-corrected chi connectivity index (χ3v) is 3.46. The predicted octanol–water partition coefficient (Wildman–Crippen LogP) is -1.01. The van der Waals surface area contributed by atoms with Gasteiger partial charge in [0.1, 0.15) is 0 Å². The van der Waals surface area contributed by atoms with Crippen LogP contribution in [0.3, 0.4) is 0 Å². The maximum Gasteiger partial charge on any atom is 0.323 e. The Morgan fingerprint density at radius 1 is 1.43 bits per heavy atom. The van der Waals surface area contributed by atoms with Crippen molar-refractivity contribution in [1.29, 1.82) is 0 Å². The Hall–Kier alpha value is -0.660. The van der Waals surface area contributed by atoms with Crippen molar-refractivity contribution in [3.63, 3.8) is 0 Å². The molecule has 0 saturated heterocycles. The fourth-order valence-electron chi connectivity index (χ4n) is 0.737. The summed E-state index contributed by atoms with van der Waals surface area (Å²) < 4.78 is 24.7. The van der Waals surface area contributed by atoms with E-state index < -0.39 is 21.2 Å². The molecule has 0 aromatic carbocycles. The molecule has 0 aromatic rings. The van der Waals surface area contributed by atoms with Crippen LogP contribution in [-0.2, 0) is 14.8 Å². The molecule has 0 rings (SSSR count). The van der Waals surface area contributed by atoms with E-state index in [1.165, 1.54) is 0 Å². The van der Waals surface area contributed by atoms with Crippen molar-refractivity contribution < 1.29 is 18.3 Å². The zero-order valence-electron chi connectivity index (χ0n) is 8.28. The summed E-state index contributed by atoms with van der Waals surface area (Å²) >= 11 is 0. The normalized spacial score (nSPS) is 13.9. The number of rotatable bonds is 7. The van der Waals surface area contributed by atoms with Gasteiger partial charge < -0.3 is 10.4 Å². The molecule has 7 heteroatoms. The van der Waals surface area contributed by atoms with E-state index in [0.717, 1.165) is 6.92 Å². The fourth-order valence-corrected chi connectivity index (χ4v) is 1.68. The second-order valence-electron chi connectivity index (χ2n) is 2.88. The summed E-state index contributed by atoms with van der Waals surface area (Å²) in [6, 6.07) is 0. The predicted molar refractivity (Wildman–Crippen MR) is 52.6 cm³/mol. The largest absolute Gasteiger partial charge is 0.480 e. The molecule has 0 amide bonds. The molecular weight excluding hydrogens is 208 g/mol. The van der Waals surface area contributed by atoms with Gasteiger partial charge in [0, 0.05) is 6.54 Å². The van der Waals surface area contributed by atoms with Gasteiger partial charge in [0.2, 0.25) is 10.0 Å². The second kappa shape index (κ2) is 5.94. The van der Waals surface area contributed by atoms with Gasteiger partial charge in [-0.3, -0.25) is 4.79 Å². The molecule has 6 nitrogen and oxygen atoms in total. The fraction of sp³-hybridized carbons (Fsp3) is 0.857. The first kappa shape index (κ1) is 13.3. The van der Waals surface area contributed by atoms with Crippen LogP contribution >= 0.6 is 0 Å². The first-order valence-electron chi connectivity index (χ1n) is 4.27. The minimum Gasteiger partial charge on any atom is -0.480 e. The van der Waals surface area contributed by atoms with Crippen molar-refractivity contribution in [2.45, 2.75) is 18.6 Å². The molecule has 0 aromatic heterocycles. The minimum absolute atomic E-state index is 0.251. The third kappa shape index (κ3) is 4.54. The Morgan fingerprint density at radius 3 is 2.43 bits per heavy atom. The maximum atomic E-state index is 11.2. The minimum atomic E-state index is -3.72. The van der Waals surface area contributed by atoms with Crippen molar-refractivity contribution in [1.82, 2.24) is 10.0 Å². The first-order chi connectivity index (χ1) is 6.41. The van der Waals surface area contributed by atoms with Gasteiger partial charge in [0.05, 0.1) is 0 Å². The Morgan fingerprint density at radius 2 is 2.00 bits per heavy atom. The highest BCUT2D eigenvalue weighted by Gasteiger charge is 2.26. The average Bonchev–Trinajstić information content (AvgIpc) is 2.11. The number of carboxylic acids is 1. The monoisotopic (exact) mass is 224 g/mol. The molecule has 0 spiro atoms. The summed E-state index contributed by atoms with van der Waals surface area (Å²) in [4.78, 5) is 10.4. The highest BCUT2D eigenvalue weighted by Crippen LogP contribution is 1.97. The van der Waals surface area contributed by atoms with Crippen molar-refractivity contribution in [3.05, 3.63) is 0 Å². The van der Waals surface area contributed by atoms with Crippen LogP contribution in [0.1, 0.15) is 13.3 Å². The molecule has 1 unspecified atom stereocenters. The van der Waals surface area contributed by atoms with Crippen molar-refractivity contribution in [3.8, 4) is 0 Å². The van der Waals surface area contributed by atoms with Crippen LogP contribution in [0.25, 0.3) is 0 Å². The summed E-state index contributed by atoms with van der Waals surface area (Å²) in [6.07, 6.45) is 0.627. The number of nitrogens with one attached hydrogen (secondary N) is 2. The summed E-state index contributed by atoms with van der Waals surface area (Å²) in [7, 11) is -1.96. The third-order valence-electron chi connectivity index (χ3n) is 1.72. The summed E-state index contributed by atoms with van der Waals surface area (Å²) in [5.74, 6) is -1.34. The Labute approximate surface area is 83.7 Å². The van der Waals surface area contributed by atoms with Crippen LogP contribution in [0.4, 0.5) is 0 Å². The van der Waals surface area contributed by atoms with Crippen LogP contribution in [-0.4, -0.2) is 44.9 Å². The summed E-state index contributed by atoms with van der Waals surface area (Å²) in [6.45, 7) is 2.08. The van der Waals surface area contributed by atoms with Gasteiger partial charge >= 0.3 is 5.97 Å². The molecule has 0 aliphatic carbocycles. The molecule has 0 aliphatic heterocycles. The molecule has 0 aliphatic rings. The van der Waals surface area contributed by atoms with E-state index in [2.05, 4.69) is 10.0 Å². The van der Waals surface area contributed by atoms with Crippen molar-refractivity contribution >= 4 is 16.0 Å². The molecule has 3 N–H and O–H groups in total. The SMILES string of the molecule is CNCCCNS(=O)(=O)C(C)C(=O)O. The number of carbonyl (C=O) groups is 1. The zero-order valence-corrected chi connectivity index (χ0v) is 9.10. The quantitative estimate of drug-likeness (QED) is 0.481. The van der Waals surface area contributed by atoms with Gasteiger partial charge in [-0.15, -0.1) is 0 Å². The van der Waals surface area contributed by atoms with Crippen LogP contribution in [0.15, 0.2) is 0 Å². The van der Waals surface area contributed by atoms with E-state index in [-0.39, 0.29) is 6.54 Å². The van der Waals surface area contributed by atoms with Gasteiger partial charge in [-0.25, -0.2) is 13.1 Å². The van der Waals surface area contributed by atoms with Crippen LogP contribution in [0, 0.1) is 0 Å². The lowest BCUT2D eigenvalue weighted by Gasteiger charge is -2.09. The second-order valence-corrected chi connectivity index (χ2v) is 4.96. The van der Waals surface area contributed by atoms with Crippen LogP contribution < -0.4 is 10.0 Å². The first-order valence-corrected chi connectivity index (χ1v) is 5.82. The maximum absolute atomic E-state index is 11.2. The molecule has 0 radical (unpaired) electrons. The molecule has 0 bridgehead atoms. The Bertz CT molecular complexity index is 275. The smallest absolute Gasteiger partial charge is 0.323 e. The van der Waals surface area contributed by atoms with Gasteiger partial charge in [-0.05, 0) is 26.9 Å². The molecule has 84 valence electrons. The lowest BCUT2D eigenvalue weighted by atomic mass is 10.4. The van der Waals surface area contributed by atoms with E-state index in [1.54, 1.807) is 7.05 Å². The molecule has 14 heavy (non-hydrogen) atoms. The van der Waals surface area contributed by atoms with Gasteiger partial charge in [0.15, 0.2) is 5.25 Å². The van der Waals surface area contributed by atoms with E-state index in [0.29, 0.717) is 13.0 Å². The van der Waals surface area contributed by atoms with E-state index >= 15 is 0 Å². The van der Waals surface area contributed by atoms with Crippen LogP contribution in [0.5, 0.6) is 0 Å². The van der Waals surface area contributed by atoms with E-state index in [1.807, 2.05) is 0 Å². The van der Waals surface area contributed by atoms with Gasteiger partial charge in [-0.1, -0.05) is 0 Å². The van der Waals surface area contributed by atoms with Crippen molar-refractivity contribution in [2.24, 2.45) is 0 Å². The number of hydrogen-bond acceptors (Lipinski definition) is 4. The molecular formula is C7H16N2O4S. The lowest BCUT2D eigenvalue weighted by Crippen LogP contribution is -2.38. The summed E-state index contributed by atoms with van der Waals surface area (Å²) in [5.41, 5.74) is 0. The van der Waals surface area contributed by atoms with Gasteiger partial charge in [-0.2, -0.15) is 0 Å². The number of sulfonamides is 1. The van der Waals surface area contributed by atoms with Crippen LogP contribution in [0.2, 0.25) is 0 Å². The van der Waals surface area contributed by atoms with Gasteiger partial charge in [0.25, 0.3) is 0 Å². The number of hydrogen-bond donors (Lipinski definition) is 3. The Kier molecular flexibility index (Phi) is 5.66. The number of aliphatic carboxylic acids is 1. The highest BCUT2D eigenvalue weighted by atomic mass is 32.2. The standard InChI is InChI=1S/C7H16N2O4S/c1-6(7(10)11)14(12,13)9-5-3-4-8-2/h6,8-9H,3-5H2,1-2H3,(H,10,11). The molecule has 1 atom stereocenters. The topological polar surface area (TPSA) is 95.5 Å². The summed E-state index contributed by atoms with van der Waals surface area (Å²) in [5, 5.41) is 9.94. The molecule has 0 heterocycles. The zero-order chi connectivity index (χ0) is 11.2. The van der Waals surface area contributed by atoms with E-state index in [4.69, 9.17) is 5.11 Å². The highest BCUT2D eigenvalue weighted by molar-refractivity contribution is 7.90. The van der Waals surface area contributed by atoms with E-state index in [9.17, 15) is 13.2 Å². The molecule has 0 saturated carbocycles. The number of carboxylic acid groups (broad SMARTS) is 1. The molecule has 0 fully saturated rings. The van der Waals surface area contributed by atoms with Crippen molar-refractivity contribution in [2.75, 3.05) is 20.1 Å².